The molecule has 0 saturated carbocycles. The van der Waals surface area contributed by atoms with Crippen LogP contribution in [0, 0.1) is 0 Å². The van der Waals surface area contributed by atoms with Gasteiger partial charge >= 0.3 is 6.18 Å². The number of carbonyl (C=O) groups is 1. The fraction of sp³-hybridized carbons (Fsp3) is 0.385. The van der Waals surface area contributed by atoms with E-state index in [4.69, 9.17) is 0 Å². The Balaban J connectivity index is 2.09. The Morgan fingerprint density at radius 1 is 1.33 bits per heavy atom. The molecule has 1 unspecified atom stereocenters. The monoisotopic (exact) mass is 318 g/mol. The van der Waals surface area contributed by atoms with E-state index in [-0.39, 0.29) is 16.2 Å². The van der Waals surface area contributed by atoms with Gasteiger partial charge in [0.2, 0.25) is 0 Å². The fourth-order valence-corrected chi connectivity index (χ4v) is 2.63. The highest BCUT2D eigenvalue weighted by molar-refractivity contribution is 8.14. The summed E-state index contributed by atoms with van der Waals surface area (Å²) in [7, 11) is 0. The van der Waals surface area contributed by atoms with Crippen LogP contribution in [0.1, 0.15) is 18.9 Å². The number of amides is 1. The zero-order valence-corrected chi connectivity index (χ0v) is 11.9. The number of rotatable bonds is 4. The van der Waals surface area contributed by atoms with Crippen LogP contribution in [-0.2, 0) is 0 Å². The second-order valence-corrected chi connectivity index (χ2v) is 5.51. The first kappa shape index (κ1) is 15.7. The van der Waals surface area contributed by atoms with E-state index in [0.29, 0.717) is 5.71 Å². The predicted octanol–water partition coefficient (Wildman–Crippen LogP) is 3.57. The summed E-state index contributed by atoms with van der Waals surface area (Å²) >= 11 is 1.15. The molecule has 1 aliphatic heterocycles. The molecule has 1 aromatic carbocycles. The van der Waals surface area contributed by atoms with Gasteiger partial charge in [0, 0.05) is 0 Å². The first-order chi connectivity index (χ1) is 9.89. The number of hydrazone groups is 1. The van der Waals surface area contributed by atoms with E-state index in [1.54, 1.807) is 12.1 Å². The van der Waals surface area contributed by atoms with Crippen molar-refractivity contribution in [3.63, 3.8) is 0 Å². The van der Waals surface area contributed by atoms with Crippen molar-refractivity contribution in [1.29, 1.82) is 0 Å². The average molecular weight is 318 g/mol. The lowest BCUT2D eigenvalue weighted by molar-refractivity contribution is -0.153. The number of thioether (sulfide) groups is 1. The van der Waals surface area contributed by atoms with E-state index >= 15 is 0 Å². The maximum Gasteiger partial charge on any atom is 0.422 e. The number of ether oxygens (including phenoxy) is 1. The van der Waals surface area contributed by atoms with E-state index in [9.17, 15) is 18.0 Å². The highest BCUT2D eigenvalue weighted by Crippen LogP contribution is 2.25. The number of carbonyl (C=O) groups excluding carboxylic acids is 1. The Labute approximate surface area is 123 Å². The number of nitrogens with one attached hydrogen (secondary N) is 1. The fourth-order valence-electron chi connectivity index (χ4n) is 1.80. The molecular weight excluding hydrogens is 305 g/mol. The molecule has 4 nitrogen and oxygen atoms in total. The topological polar surface area (TPSA) is 50.7 Å². The average Bonchev–Trinajstić information content (AvgIpc) is 2.45. The van der Waals surface area contributed by atoms with Gasteiger partial charge in [-0.05, 0) is 36.2 Å². The molecular formula is C13H13F3N2O2S. The third-order valence-electron chi connectivity index (χ3n) is 2.75. The third-order valence-corrected chi connectivity index (χ3v) is 3.89. The maximum absolute atomic E-state index is 12.1. The Morgan fingerprint density at radius 2 is 2.00 bits per heavy atom. The zero-order chi connectivity index (χ0) is 15.5. The van der Waals surface area contributed by atoms with Crippen LogP contribution in [0.3, 0.4) is 0 Å². The molecule has 2 rings (SSSR count). The van der Waals surface area contributed by atoms with Gasteiger partial charge in [-0.2, -0.15) is 18.3 Å². The Hall–Kier alpha value is -1.70. The van der Waals surface area contributed by atoms with E-state index in [1.807, 2.05) is 6.92 Å². The van der Waals surface area contributed by atoms with Gasteiger partial charge in [-0.1, -0.05) is 18.7 Å². The van der Waals surface area contributed by atoms with Crippen molar-refractivity contribution in [3.8, 4) is 5.75 Å². The first-order valence-electron chi connectivity index (χ1n) is 6.23. The van der Waals surface area contributed by atoms with Gasteiger partial charge < -0.3 is 4.74 Å². The standard InChI is InChI=1S/C13H13F3N2O2S/c1-2-10-11(17-18-12(19)21-10)8-3-5-9(6-4-8)20-7-13(14,15)16/h3-6,10H,2,7H2,1H3,(H,18,19). The Bertz CT molecular complexity index is 543. The van der Waals surface area contributed by atoms with Crippen molar-refractivity contribution in [3.05, 3.63) is 29.8 Å². The molecule has 1 N–H and O–H groups in total. The molecule has 1 aliphatic rings. The number of nitrogens with zero attached hydrogens (tertiary/aromatic N) is 1. The minimum Gasteiger partial charge on any atom is -0.484 e. The smallest absolute Gasteiger partial charge is 0.422 e. The second kappa shape index (κ2) is 6.38. The van der Waals surface area contributed by atoms with Gasteiger partial charge in [0.15, 0.2) is 6.61 Å². The van der Waals surface area contributed by atoms with Crippen LogP contribution in [0.5, 0.6) is 5.75 Å². The molecule has 1 amide bonds. The van der Waals surface area contributed by atoms with Gasteiger partial charge in [0.1, 0.15) is 5.75 Å². The largest absolute Gasteiger partial charge is 0.484 e. The van der Waals surface area contributed by atoms with Crippen molar-refractivity contribution >= 4 is 22.7 Å². The number of alkyl halides is 3. The lowest BCUT2D eigenvalue weighted by Gasteiger charge is -2.21. The summed E-state index contributed by atoms with van der Waals surface area (Å²) in [5.74, 6) is 0.136. The number of benzene rings is 1. The van der Waals surface area contributed by atoms with Crippen LogP contribution in [0.2, 0.25) is 0 Å². The van der Waals surface area contributed by atoms with Crippen LogP contribution < -0.4 is 10.2 Å². The molecule has 0 radical (unpaired) electrons. The molecule has 8 heteroatoms. The molecule has 1 aromatic rings. The van der Waals surface area contributed by atoms with E-state index in [1.165, 1.54) is 12.1 Å². The summed E-state index contributed by atoms with van der Waals surface area (Å²) in [6.07, 6.45) is -3.64. The summed E-state index contributed by atoms with van der Waals surface area (Å²) < 4.78 is 40.8. The molecule has 0 bridgehead atoms. The lowest BCUT2D eigenvalue weighted by atomic mass is 10.1. The minimum absolute atomic E-state index is 0.0688. The van der Waals surface area contributed by atoms with Crippen molar-refractivity contribution in [2.24, 2.45) is 5.10 Å². The molecule has 0 saturated heterocycles. The van der Waals surface area contributed by atoms with Gasteiger partial charge in [0.05, 0.1) is 11.0 Å². The number of hydrogen-bond acceptors (Lipinski definition) is 4. The Kier molecular flexibility index (Phi) is 4.76. The lowest BCUT2D eigenvalue weighted by Crippen LogP contribution is -2.31. The maximum atomic E-state index is 12.1. The van der Waals surface area contributed by atoms with Gasteiger partial charge in [-0.15, -0.1) is 0 Å². The van der Waals surface area contributed by atoms with E-state index in [0.717, 1.165) is 23.7 Å². The van der Waals surface area contributed by atoms with Crippen molar-refractivity contribution in [2.45, 2.75) is 24.8 Å². The van der Waals surface area contributed by atoms with Crippen LogP contribution >= 0.6 is 11.8 Å². The normalized spacial score (nSPS) is 19.0. The van der Waals surface area contributed by atoms with Gasteiger partial charge in [0.25, 0.3) is 5.24 Å². The zero-order valence-electron chi connectivity index (χ0n) is 11.1. The predicted molar refractivity (Wildman–Crippen MR) is 74.7 cm³/mol. The quantitative estimate of drug-likeness (QED) is 0.923. The summed E-state index contributed by atoms with van der Waals surface area (Å²) in [4.78, 5) is 11.3. The first-order valence-corrected chi connectivity index (χ1v) is 7.11. The Morgan fingerprint density at radius 3 is 2.57 bits per heavy atom. The summed E-state index contributed by atoms with van der Waals surface area (Å²) in [5.41, 5.74) is 3.83. The number of hydrogen-bond donors (Lipinski definition) is 1. The molecule has 114 valence electrons. The summed E-state index contributed by atoms with van der Waals surface area (Å²) in [5, 5.41) is 3.74. The van der Waals surface area contributed by atoms with Crippen molar-refractivity contribution in [1.82, 2.24) is 5.43 Å². The number of halogens is 3. The van der Waals surface area contributed by atoms with Crippen LogP contribution in [0.15, 0.2) is 29.4 Å². The van der Waals surface area contributed by atoms with Crippen LogP contribution in [0.25, 0.3) is 0 Å². The van der Waals surface area contributed by atoms with Gasteiger partial charge in [-0.25, -0.2) is 5.43 Å². The molecule has 0 spiro atoms. The van der Waals surface area contributed by atoms with E-state index < -0.39 is 12.8 Å². The SMILES string of the molecule is CCC1SC(=O)NN=C1c1ccc(OCC(F)(F)F)cc1. The highest BCUT2D eigenvalue weighted by atomic mass is 32.2. The summed E-state index contributed by atoms with van der Waals surface area (Å²) in [6, 6.07) is 6.17. The molecule has 1 atom stereocenters. The summed E-state index contributed by atoms with van der Waals surface area (Å²) in [6.45, 7) is 0.614. The molecule has 0 fully saturated rings. The molecule has 21 heavy (non-hydrogen) atoms. The van der Waals surface area contributed by atoms with E-state index in [2.05, 4.69) is 15.3 Å². The minimum atomic E-state index is -4.36. The molecule has 0 aliphatic carbocycles. The molecule has 0 aromatic heterocycles. The van der Waals surface area contributed by atoms with Gasteiger partial charge in [-0.3, -0.25) is 4.79 Å². The van der Waals surface area contributed by atoms with Crippen molar-refractivity contribution < 1.29 is 22.7 Å². The molecule has 1 heterocycles. The second-order valence-electron chi connectivity index (χ2n) is 4.34. The van der Waals surface area contributed by atoms with Crippen molar-refractivity contribution in [2.75, 3.05) is 6.61 Å². The highest BCUT2D eigenvalue weighted by Gasteiger charge is 2.28. The van der Waals surface area contributed by atoms with Crippen LogP contribution in [-0.4, -0.2) is 29.0 Å². The third kappa shape index (κ3) is 4.38. The van der Waals surface area contributed by atoms with Crippen LogP contribution in [0.4, 0.5) is 18.0 Å².